The Balaban J connectivity index is 0.00000144. The van der Waals surface area contributed by atoms with Gasteiger partial charge in [-0.1, -0.05) is 0 Å². The summed E-state index contributed by atoms with van der Waals surface area (Å²) in [7, 11) is 0. The number of hydrogen-bond acceptors (Lipinski definition) is 0. The van der Waals surface area contributed by atoms with Gasteiger partial charge in [-0.05, 0) is 0 Å². The minimum atomic E-state index is -1.58. The van der Waals surface area contributed by atoms with Gasteiger partial charge in [-0.3, -0.25) is 0 Å². The summed E-state index contributed by atoms with van der Waals surface area (Å²) in [6.45, 7) is 9.58. The summed E-state index contributed by atoms with van der Waals surface area (Å²) in [5.74, 6) is 0. The number of hydrogen-bond donors (Lipinski definition) is 0. The monoisotopic (exact) mass is 468 g/mol. The van der Waals surface area contributed by atoms with Crippen LogP contribution in [-0.4, -0.2) is 5.49 Å². The van der Waals surface area contributed by atoms with Crippen molar-refractivity contribution in [3.8, 4) is 0 Å². The SMILES string of the molecule is CC1=CC[C]([Hf]([C]2=CC(C)=CC2)=[Si](C)C)=C1.Cl.Cl. The molecule has 4 heteroatoms. The van der Waals surface area contributed by atoms with Gasteiger partial charge in [0.25, 0.3) is 0 Å². The first-order valence-electron chi connectivity index (χ1n) is 6.01. The van der Waals surface area contributed by atoms with Gasteiger partial charge in [-0.2, -0.15) is 0 Å². The number of allylic oxidation sites excluding steroid dienone is 8. The van der Waals surface area contributed by atoms with Crippen LogP contribution in [0.2, 0.25) is 13.1 Å². The maximum absolute atomic E-state index is 2.54. The largest absolute Gasteiger partial charge is 0.147 e. The molecule has 2 aliphatic carbocycles. The fraction of sp³-hybridized carbons (Fsp3) is 0.429. The van der Waals surface area contributed by atoms with Crippen molar-refractivity contribution < 1.29 is 20.1 Å². The van der Waals surface area contributed by atoms with E-state index in [2.05, 4.69) is 51.2 Å². The van der Waals surface area contributed by atoms with Crippen molar-refractivity contribution in [1.82, 2.24) is 0 Å². The Labute approximate surface area is 131 Å². The molecule has 0 fully saturated rings. The van der Waals surface area contributed by atoms with Crippen LogP contribution in [0.5, 0.6) is 0 Å². The van der Waals surface area contributed by atoms with E-state index in [1.54, 1.807) is 0 Å². The van der Waals surface area contributed by atoms with E-state index in [0.29, 0.717) is 0 Å². The maximum atomic E-state index is 2.54. The Morgan fingerprint density at radius 2 is 1.28 bits per heavy atom. The molecule has 0 saturated carbocycles. The molecule has 0 radical (unpaired) electrons. The van der Waals surface area contributed by atoms with Crippen LogP contribution in [0.3, 0.4) is 0 Å². The molecule has 0 atom stereocenters. The Kier molecular flexibility index (Phi) is 8.31. The summed E-state index contributed by atoms with van der Waals surface area (Å²) in [5.41, 5.74) is 2.93. The van der Waals surface area contributed by atoms with Crippen LogP contribution in [0, 0.1) is 0 Å². The van der Waals surface area contributed by atoms with Crippen LogP contribution in [-0.2, 0) is 20.1 Å². The molecular formula is C14H22Cl2HfSi. The minimum absolute atomic E-state index is 0. The molecule has 0 aromatic heterocycles. The van der Waals surface area contributed by atoms with Crippen molar-refractivity contribution >= 4 is 30.3 Å². The average Bonchev–Trinajstić information content (AvgIpc) is 2.76. The molecule has 0 aromatic carbocycles. The average molecular weight is 468 g/mol. The molecule has 0 heterocycles. The molecule has 0 aliphatic heterocycles. The van der Waals surface area contributed by atoms with Gasteiger partial charge in [0.05, 0.1) is 0 Å². The molecule has 0 nitrogen and oxygen atoms in total. The van der Waals surface area contributed by atoms with Crippen LogP contribution in [0.15, 0.2) is 42.1 Å². The predicted molar refractivity (Wildman–Crippen MR) is 84.9 cm³/mol. The number of halogens is 2. The summed E-state index contributed by atoms with van der Waals surface area (Å²) >= 11 is -1.58. The first-order valence-corrected chi connectivity index (χ1v) is 17.5. The molecule has 0 spiro atoms. The molecule has 0 bridgehead atoms. The molecule has 2 rings (SSSR count). The van der Waals surface area contributed by atoms with Crippen LogP contribution < -0.4 is 0 Å². The van der Waals surface area contributed by atoms with Crippen LogP contribution >= 0.6 is 24.8 Å². The minimum Gasteiger partial charge on any atom is -0.147 e. The summed E-state index contributed by atoms with van der Waals surface area (Å²) in [6.07, 6.45) is 12.4. The topological polar surface area (TPSA) is 0 Å². The van der Waals surface area contributed by atoms with Gasteiger partial charge >= 0.3 is 107 Å². The molecular weight excluding hydrogens is 446 g/mol. The Morgan fingerprint density at radius 1 is 0.889 bits per heavy atom. The molecule has 0 aromatic rings. The van der Waals surface area contributed by atoms with Gasteiger partial charge < -0.3 is 0 Å². The quantitative estimate of drug-likeness (QED) is 0.492. The van der Waals surface area contributed by atoms with Crippen molar-refractivity contribution in [3.05, 3.63) is 42.1 Å². The van der Waals surface area contributed by atoms with Crippen molar-refractivity contribution in [2.75, 3.05) is 0 Å². The standard InChI is InChI=1S/2C6H7.C2H6Si.2ClH.Hf/c2*1-6-4-2-3-5-6;1-3-2;;;/h2*4-5H,2H2,1H3;1-2H3;2*1H;. The van der Waals surface area contributed by atoms with Gasteiger partial charge in [0, 0.05) is 0 Å². The van der Waals surface area contributed by atoms with Gasteiger partial charge in [-0.25, -0.2) is 0 Å². The third-order valence-corrected chi connectivity index (χ3v) is 27.4. The van der Waals surface area contributed by atoms with Gasteiger partial charge in [0.2, 0.25) is 0 Å². The van der Waals surface area contributed by atoms with Crippen LogP contribution in [0.25, 0.3) is 0 Å². The second-order valence-electron chi connectivity index (χ2n) is 5.02. The van der Waals surface area contributed by atoms with E-state index in [1.807, 2.05) is 6.66 Å². The molecule has 18 heavy (non-hydrogen) atoms. The van der Waals surface area contributed by atoms with E-state index < -0.39 is 20.1 Å². The summed E-state index contributed by atoms with van der Waals surface area (Å²) in [4.78, 5) is 0. The fourth-order valence-corrected chi connectivity index (χ4v) is 26.9. The molecule has 2 aliphatic rings. The second kappa shape index (κ2) is 8.03. The van der Waals surface area contributed by atoms with Gasteiger partial charge in [-0.15, -0.1) is 24.8 Å². The Morgan fingerprint density at radius 3 is 1.50 bits per heavy atom. The third-order valence-electron chi connectivity index (χ3n) is 3.23. The second-order valence-corrected chi connectivity index (χ2v) is 29.2. The van der Waals surface area contributed by atoms with Crippen LogP contribution in [0.1, 0.15) is 26.7 Å². The van der Waals surface area contributed by atoms with E-state index >= 15 is 0 Å². The normalized spacial score (nSPS) is 16.9. The predicted octanol–water partition coefficient (Wildman–Crippen LogP) is 5.17. The van der Waals surface area contributed by atoms with E-state index in [4.69, 9.17) is 0 Å². The van der Waals surface area contributed by atoms with Crippen molar-refractivity contribution in [3.63, 3.8) is 0 Å². The first-order chi connectivity index (χ1) is 7.58. The molecule has 0 amide bonds. The number of rotatable bonds is 2. The van der Waals surface area contributed by atoms with Crippen molar-refractivity contribution in [2.45, 2.75) is 39.8 Å². The van der Waals surface area contributed by atoms with E-state index in [9.17, 15) is 0 Å². The zero-order valence-corrected chi connectivity index (χ0v) is 17.8. The van der Waals surface area contributed by atoms with Gasteiger partial charge in [0.15, 0.2) is 0 Å². The zero-order chi connectivity index (χ0) is 11.7. The van der Waals surface area contributed by atoms with E-state index in [0.717, 1.165) is 0 Å². The Bertz CT molecular complexity index is 440. The van der Waals surface area contributed by atoms with Crippen molar-refractivity contribution in [2.24, 2.45) is 0 Å². The van der Waals surface area contributed by atoms with Gasteiger partial charge in [0.1, 0.15) is 0 Å². The first kappa shape index (κ1) is 18.6. The molecule has 0 unspecified atom stereocenters. The zero-order valence-electron chi connectivity index (χ0n) is 11.5. The smallest absolute Gasteiger partial charge is 0.147 e. The van der Waals surface area contributed by atoms with Crippen LogP contribution in [0.4, 0.5) is 0 Å². The third kappa shape index (κ3) is 4.33. The summed E-state index contributed by atoms with van der Waals surface area (Å²) in [5, 5.41) is 0. The summed E-state index contributed by atoms with van der Waals surface area (Å²) in [6, 6.07) is 0. The van der Waals surface area contributed by atoms with E-state index in [-0.39, 0.29) is 30.3 Å². The maximum Gasteiger partial charge on any atom is -0.147 e. The van der Waals surface area contributed by atoms with Crippen molar-refractivity contribution in [1.29, 1.82) is 0 Å². The van der Waals surface area contributed by atoms with E-state index in [1.165, 1.54) is 24.0 Å². The molecule has 0 N–H and O–H groups in total. The Hall–Kier alpha value is 0.627. The molecule has 0 saturated heterocycles. The summed E-state index contributed by atoms with van der Waals surface area (Å²) < 4.78 is 3.74. The molecule has 100 valence electrons. The fourth-order valence-electron chi connectivity index (χ4n) is 2.52.